The minimum atomic E-state index is -1.98. The zero-order valence-corrected chi connectivity index (χ0v) is 38.2. The first-order valence-corrected chi connectivity index (χ1v) is 24.0. The average molecular weight is 827 g/mol. The van der Waals surface area contributed by atoms with Crippen LogP contribution in [0.15, 0.2) is 23.3 Å². The summed E-state index contributed by atoms with van der Waals surface area (Å²) in [5, 5.41) is 25.4. The molecular formula is C50H82O9. The van der Waals surface area contributed by atoms with Crippen LogP contribution in [0.1, 0.15) is 209 Å². The largest absolute Gasteiger partial charge is 0.461 e. The molecule has 8 atom stereocenters. The van der Waals surface area contributed by atoms with Gasteiger partial charge in [-0.3, -0.25) is 19.2 Å². The van der Waals surface area contributed by atoms with Gasteiger partial charge in [-0.1, -0.05) is 175 Å². The number of hydrogen-bond donors (Lipinski definition) is 2. The highest BCUT2D eigenvalue weighted by atomic mass is 16.6. The summed E-state index contributed by atoms with van der Waals surface area (Å²) in [7, 11) is 0. The predicted molar refractivity (Wildman–Crippen MR) is 232 cm³/mol. The molecule has 4 aliphatic carbocycles. The molecule has 0 spiro atoms. The summed E-state index contributed by atoms with van der Waals surface area (Å²) >= 11 is 0. The Morgan fingerprint density at radius 1 is 0.712 bits per heavy atom. The molecule has 4 aliphatic rings. The van der Waals surface area contributed by atoms with Crippen LogP contribution in [0, 0.1) is 29.1 Å². The molecule has 0 aromatic rings. The maximum Gasteiger partial charge on any atom is 0.306 e. The summed E-state index contributed by atoms with van der Waals surface area (Å²) in [6, 6.07) is 0. The van der Waals surface area contributed by atoms with Crippen molar-refractivity contribution in [2.24, 2.45) is 29.1 Å². The number of unbranched alkanes of at least 4 members (excludes halogenated alkanes) is 20. The lowest BCUT2D eigenvalue weighted by molar-refractivity contribution is -0.228. The number of esters is 3. The van der Waals surface area contributed by atoms with Crippen LogP contribution in [0.4, 0.5) is 0 Å². The molecule has 0 amide bonds. The molecule has 9 heteroatoms. The molecule has 0 bridgehead atoms. The minimum Gasteiger partial charge on any atom is -0.461 e. The Morgan fingerprint density at radius 2 is 1.17 bits per heavy atom. The van der Waals surface area contributed by atoms with Gasteiger partial charge in [0.1, 0.15) is 18.3 Å². The molecule has 2 saturated carbocycles. The molecule has 0 radical (unpaired) electrons. The van der Waals surface area contributed by atoms with E-state index in [1.807, 2.05) is 19.9 Å². The molecule has 0 aromatic carbocycles. The Morgan fingerprint density at radius 3 is 1.64 bits per heavy atom. The Bertz CT molecular complexity index is 1460. The number of Topliss-reactive ketones (excluding diaryl/α,β-unsaturated/α-hetero) is 1. The molecule has 0 saturated heterocycles. The second-order valence-electron chi connectivity index (χ2n) is 19.5. The van der Waals surface area contributed by atoms with Crippen LogP contribution in [0.25, 0.3) is 0 Å². The van der Waals surface area contributed by atoms with Gasteiger partial charge in [-0.2, -0.15) is 0 Å². The monoisotopic (exact) mass is 827 g/mol. The summed E-state index contributed by atoms with van der Waals surface area (Å²) in [4.78, 5) is 53.3. The van der Waals surface area contributed by atoms with Crippen LogP contribution in [-0.4, -0.2) is 63.4 Å². The van der Waals surface area contributed by atoms with Gasteiger partial charge in [-0.15, -0.1) is 0 Å². The van der Waals surface area contributed by atoms with Gasteiger partial charge in [0.05, 0.1) is 5.60 Å². The summed E-state index contributed by atoms with van der Waals surface area (Å²) in [5.74, 6) is -4.80. The average Bonchev–Trinajstić information content (AvgIpc) is 3.61. The summed E-state index contributed by atoms with van der Waals surface area (Å²) in [5.41, 5.74) is -4.82. The van der Waals surface area contributed by atoms with Crippen molar-refractivity contribution in [2.75, 3.05) is 6.61 Å². The van der Waals surface area contributed by atoms with Crippen molar-refractivity contribution in [1.82, 2.24) is 0 Å². The number of fused-ring (bicyclic) bond motifs is 5. The van der Waals surface area contributed by atoms with Crippen LogP contribution in [0.3, 0.4) is 0 Å². The standard InChI is InChI=1S/C50H82O9/c1-8-10-12-14-16-18-20-22-24-26-28-30-42(52)57-35-39-33-40-44-47(6,7)50(44,59-43(53)31-29-27-25-23-21-19-17-15-13-11-9-2)46(58-38(5)51)37(4)49(40,56)41-32-36(3)45(54)48(41,55)34-39/h32-33,37,40-41,44,46,55-56H,8-31,34-35H2,1-7H3/t37-,40+,41-,44-,46-,48-,49-,50-/m1/s1. The van der Waals surface area contributed by atoms with Crippen molar-refractivity contribution in [2.45, 2.75) is 232 Å². The smallest absolute Gasteiger partial charge is 0.306 e. The summed E-state index contributed by atoms with van der Waals surface area (Å²) < 4.78 is 18.4. The zero-order chi connectivity index (χ0) is 43.3. The first kappa shape index (κ1) is 49.1. The number of rotatable bonds is 28. The van der Waals surface area contributed by atoms with E-state index in [0.29, 0.717) is 24.0 Å². The van der Waals surface area contributed by atoms with Gasteiger partial charge in [-0.05, 0) is 30.9 Å². The van der Waals surface area contributed by atoms with Crippen LogP contribution >= 0.6 is 0 Å². The fourth-order valence-corrected chi connectivity index (χ4v) is 11.3. The maximum absolute atomic E-state index is 13.8. The third-order valence-electron chi connectivity index (χ3n) is 14.7. The third-order valence-corrected chi connectivity index (χ3v) is 14.7. The lowest BCUT2D eigenvalue weighted by Crippen LogP contribution is -2.66. The van der Waals surface area contributed by atoms with Gasteiger partial charge < -0.3 is 24.4 Å². The number of carbonyl (C=O) groups is 4. The number of ether oxygens (including phenoxy) is 3. The van der Waals surface area contributed by atoms with Gasteiger partial charge in [-0.25, -0.2) is 0 Å². The van der Waals surface area contributed by atoms with Crippen molar-refractivity contribution < 1.29 is 43.6 Å². The minimum absolute atomic E-state index is 0.112. The highest BCUT2D eigenvalue weighted by molar-refractivity contribution is 6.04. The molecule has 0 unspecified atom stereocenters. The Labute approximate surface area is 357 Å². The van der Waals surface area contributed by atoms with Gasteiger partial charge in [0.15, 0.2) is 11.4 Å². The van der Waals surface area contributed by atoms with E-state index in [1.54, 1.807) is 19.9 Å². The molecule has 0 heterocycles. The van der Waals surface area contributed by atoms with E-state index in [9.17, 15) is 29.4 Å². The molecule has 0 aromatic heterocycles. The Hall–Kier alpha value is -2.52. The Kier molecular flexibility index (Phi) is 18.8. The second kappa shape index (κ2) is 22.5. The SMILES string of the molecule is CCCCCCCCCCCCCC(=O)OCC1=C[C@H]2[C@@H]3C(C)(C)[C@]3(OC(=O)CCCCCCCCCCCCC)[C@H](OC(C)=O)[C@@H](C)[C@]2(O)[C@@H]2C=C(C)C(=O)[C@@]2(O)C1. The summed E-state index contributed by atoms with van der Waals surface area (Å²) in [6.07, 6.45) is 28.7. The van der Waals surface area contributed by atoms with Crippen molar-refractivity contribution >= 4 is 23.7 Å². The first-order chi connectivity index (χ1) is 28.1. The van der Waals surface area contributed by atoms with E-state index in [0.717, 1.165) is 38.5 Å². The fourth-order valence-electron chi connectivity index (χ4n) is 11.3. The van der Waals surface area contributed by atoms with Gasteiger partial charge in [0.2, 0.25) is 0 Å². The van der Waals surface area contributed by atoms with Gasteiger partial charge in [0, 0.05) is 55.3 Å². The molecule has 9 nitrogen and oxygen atoms in total. The third kappa shape index (κ3) is 11.5. The van der Waals surface area contributed by atoms with Crippen LogP contribution in [0.5, 0.6) is 0 Å². The number of hydrogen-bond acceptors (Lipinski definition) is 9. The highest BCUT2D eigenvalue weighted by Gasteiger charge is 2.87. The van der Waals surface area contributed by atoms with Crippen molar-refractivity contribution in [1.29, 1.82) is 0 Å². The topological polar surface area (TPSA) is 136 Å². The van der Waals surface area contributed by atoms with Crippen LogP contribution in [0.2, 0.25) is 0 Å². The van der Waals surface area contributed by atoms with E-state index in [1.165, 1.54) is 103 Å². The number of carbonyl (C=O) groups excluding carboxylic acids is 4. The van der Waals surface area contributed by atoms with Crippen molar-refractivity contribution in [3.05, 3.63) is 23.3 Å². The molecule has 59 heavy (non-hydrogen) atoms. The van der Waals surface area contributed by atoms with Crippen LogP contribution < -0.4 is 0 Å². The number of ketones is 1. The molecule has 2 fully saturated rings. The molecule has 2 N–H and O–H groups in total. The predicted octanol–water partition coefficient (Wildman–Crippen LogP) is 11.0. The van der Waals surface area contributed by atoms with E-state index >= 15 is 0 Å². The van der Waals surface area contributed by atoms with E-state index < -0.39 is 63.7 Å². The molecule has 4 rings (SSSR count). The zero-order valence-electron chi connectivity index (χ0n) is 38.2. The van der Waals surface area contributed by atoms with E-state index in [-0.39, 0.29) is 31.4 Å². The van der Waals surface area contributed by atoms with E-state index in [4.69, 9.17) is 14.2 Å². The van der Waals surface area contributed by atoms with Gasteiger partial charge >= 0.3 is 17.9 Å². The maximum atomic E-state index is 13.8. The lowest BCUT2D eigenvalue weighted by atomic mass is 9.59. The highest BCUT2D eigenvalue weighted by Crippen LogP contribution is 2.77. The molecule has 0 aliphatic heterocycles. The van der Waals surface area contributed by atoms with Crippen molar-refractivity contribution in [3.8, 4) is 0 Å². The number of aliphatic hydroxyl groups is 2. The summed E-state index contributed by atoms with van der Waals surface area (Å²) in [6.45, 7) is 13.0. The lowest BCUT2D eigenvalue weighted by Gasteiger charge is -2.53. The molecular weight excluding hydrogens is 745 g/mol. The van der Waals surface area contributed by atoms with Gasteiger partial charge in [0.25, 0.3) is 0 Å². The first-order valence-electron chi connectivity index (χ1n) is 24.0. The normalized spacial score (nSPS) is 30.3. The molecule has 336 valence electrons. The van der Waals surface area contributed by atoms with Crippen molar-refractivity contribution in [3.63, 3.8) is 0 Å². The quantitative estimate of drug-likeness (QED) is 0.0342. The van der Waals surface area contributed by atoms with E-state index in [2.05, 4.69) is 13.8 Å². The second-order valence-corrected chi connectivity index (χ2v) is 19.5. The van der Waals surface area contributed by atoms with Crippen LogP contribution in [-0.2, 0) is 33.4 Å². The fraction of sp³-hybridized carbons (Fsp3) is 0.840. The Balaban J connectivity index is 1.43.